The quantitative estimate of drug-likeness (QED) is 0.776. The third-order valence-corrected chi connectivity index (χ3v) is 5.55. The molecule has 5 heteroatoms. The number of likely N-dealkylation sites (N-methyl/N-ethyl adjacent to an activating group) is 2. The second kappa shape index (κ2) is 6.63. The molecule has 0 aliphatic carbocycles. The van der Waals surface area contributed by atoms with Crippen molar-refractivity contribution in [3.8, 4) is 0 Å². The second-order valence-electron chi connectivity index (χ2n) is 7.05. The summed E-state index contributed by atoms with van der Waals surface area (Å²) >= 11 is 0. The van der Waals surface area contributed by atoms with Crippen molar-refractivity contribution >= 4 is 5.97 Å². The standard InChI is InChI=1S/C16H31N3O2/c1-5-17-16(3,15(20)21)10-12(2)19-9-8-13-6-7-14(11-19)18(13)4/h12-14,17H,5-11H2,1-4H3,(H,20,21). The van der Waals surface area contributed by atoms with Crippen LogP contribution in [0, 0.1) is 0 Å². The molecule has 0 saturated carbocycles. The molecule has 2 saturated heterocycles. The van der Waals surface area contributed by atoms with E-state index >= 15 is 0 Å². The van der Waals surface area contributed by atoms with Crippen molar-refractivity contribution in [1.82, 2.24) is 15.1 Å². The SMILES string of the molecule is CCNC(C)(CC(C)N1CCC2CCC(C1)N2C)C(=O)O. The largest absolute Gasteiger partial charge is 0.480 e. The Bertz CT molecular complexity index is 377. The Morgan fingerprint density at radius 1 is 1.38 bits per heavy atom. The van der Waals surface area contributed by atoms with Crippen LogP contribution in [0.4, 0.5) is 0 Å². The molecule has 21 heavy (non-hydrogen) atoms. The van der Waals surface area contributed by atoms with Crippen LogP contribution in [-0.2, 0) is 4.79 Å². The summed E-state index contributed by atoms with van der Waals surface area (Å²) in [6, 6.07) is 1.67. The molecule has 5 nitrogen and oxygen atoms in total. The molecule has 2 fully saturated rings. The van der Waals surface area contributed by atoms with Crippen LogP contribution >= 0.6 is 0 Å². The molecule has 2 rings (SSSR count). The number of carboxylic acids is 1. The highest BCUT2D eigenvalue weighted by Gasteiger charge is 2.39. The maximum absolute atomic E-state index is 11.6. The Balaban J connectivity index is 1.99. The summed E-state index contributed by atoms with van der Waals surface area (Å²) in [5.41, 5.74) is -0.828. The molecule has 0 aromatic carbocycles. The topological polar surface area (TPSA) is 55.8 Å². The van der Waals surface area contributed by atoms with Crippen LogP contribution in [0.15, 0.2) is 0 Å². The average molecular weight is 297 g/mol. The van der Waals surface area contributed by atoms with E-state index in [1.807, 2.05) is 13.8 Å². The van der Waals surface area contributed by atoms with Gasteiger partial charge in [-0.2, -0.15) is 0 Å². The van der Waals surface area contributed by atoms with Gasteiger partial charge in [-0.1, -0.05) is 6.92 Å². The molecular weight excluding hydrogens is 266 g/mol. The van der Waals surface area contributed by atoms with Crippen molar-refractivity contribution < 1.29 is 9.90 Å². The maximum atomic E-state index is 11.6. The number of nitrogens with one attached hydrogen (secondary N) is 1. The number of carboxylic acid groups (broad SMARTS) is 1. The van der Waals surface area contributed by atoms with Gasteiger partial charge in [0.1, 0.15) is 5.54 Å². The fraction of sp³-hybridized carbons (Fsp3) is 0.938. The summed E-state index contributed by atoms with van der Waals surface area (Å²) in [5, 5.41) is 12.7. The maximum Gasteiger partial charge on any atom is 0.323 e. The van der Waals surface area contributed by atoms with E-state index in [0.29, 0.717) is 19.0 Å². The number of hydrogen-bond acceptors (Lipinski definition) is 4. The minimum atomic E-state index is -0.828. The minimum absolute atomic E-state index is 0.290. The molecule has 0 spiro atoms. The van der Waals surface area contributed by atoms with Gasteiger partial charge in [0.25, 0.3) is 0 Å². The first-order chi connectivity index (χ1) is 9.87. The van der Waals surface area contributed by atoms with E-state index in [0.717, 1.165) is 19.1 Å². The normalized spacial score (nSPS) is 31.6. The monoisotopic (exact) mass is 297 g/mol. The summed E-state index contributed by atoms with van der Waals surface area (Å²) < 4.78 is 0. The first kappa shape index (κ1) is 16.7. The molecule has 2 aliphatic rings. The van der Waals surface area contributed by atoms with Gasteiger partial charge in [0.05, 0.1) is 0 Å². The molecule has 2 bridgehead atoms. The van der Waals surface area contributed by atoms with E-state index < -0.39 is 11.5 Å². The predicted molar refractivity (Wildman–Crippen MR) is 84.6 cm³/mol. The van der Waals surface area contributed by atoms with Gasteiger partial charge < -0.3 is 10.4 Å². The molecule has 2 N–H and O–H groups in total. The van der Waals surface area contributed by atoms with Crippen molar-refractivity contribution in [1.29, 1.82) is 0 Å². The van der Waals surface area contributed by atoms with Gasteiger partial charge in [-0.05, 0) is 59.7 Å². The first-order valence-corrected chi connectivity index (χ1v) is 8.31. The lowest BCUT2D eigenvalue weighted by Crippen LogP contribution is -2.54. The van der Waals surface area contributed by atoms with Gasteiger partial charge in [0.15, 0.2) is 0 Å². The van der Waals surface area contributed by atoms with E-state index in [2.05, 4.69) is 29.1 Å². The molecule has 4 unspecified atom stereocenters. The first-order valence-electron chi connectivity index (χ1n) is 8.31. The van der Waals surface area contributed by atoms with Crippen molar-refractivity contribution in [2.24, 2.45) is 0 Å². The lowest BCUT2D eigenvalue weighted by molar-refractivity contribution is -0.145. The number of fused-ring (bicyclic) bond motifs is 2. The zero-order valence-corrected chi connectivity index (χ0v) is 13.9. The Morgan fingerprint density at radius 3 is 2.67 bits per heavy atom. The van der Waals surface area contributed by atoms with Crippen LogP contribution < -0.4 is 5.32 Å². The Kier molecular flexibility index (Phi) is 5.28. The Hall–Kier alpha value is -0.650. The van der Waals surface area contributed by atoms with Crippen LogP contribution in [0.2, 0.25) is 0 Å². The number of aliphatic carboxylic acids is 1. The van der Waals surface area contributed by atoms with Crippen LogP contribution in [0.5, 0.6) is 0 Å². The van der Waals surface area contributed by atoms with Crippen molar-refractivity contribution in [3.63, 3.8) is 0 Å². The average Bonchev–Trinajstić information content (AvgIpc) is 2.62. The molecule has 0 amide bonds. The van der Waals surface area contributed by atoms with Crippen LogP contribution in [0.3, 0.4) is 0 Å². The van der Waals surface area contributed by atoms with E-state index in [9.17, 15) is 9.90 Å². The molecule has 0 aromatic rings. The summed E-state index contributed by atoms with van der Waals surface area (Å²) in [6.07, 6.45) is 4.47. The Labute approximate surface area is 128 Å². The van der Waals surface area contributed by atoms with Crippen molar-refractivity contribution in [2.45, 2.75) is 70.1 Å². The molecule has 122 valence electrons. The third-order valence-electron chi connectivity index (χ3n) is 5.55. The minimum Gasteiger partial charge on any atom is -0.480 e. The summed E-state index contributed by atoms with van der Waals surface area (Å²) in [5.74, 6) is -0.746. The smallest absolute Gasteiger partial charge is 0.323 e. The lowest BCUT2D eigenvalue weighted by atomic mass is 9.92. The highest BCUT2D eigenvalue weighted by Crippen LogP contribution is 2.30. The third kappa shape index (κ3) is 3.58. The van der Waals surface area contributed by atoms with Gasteiger partial charge >= 0.3 is 5.97 Å². The molecular formula is C16H31N3O2. The van der Waals surface area contributed by atoms with E-state index in [1.54, 1.807) is 0 Å². The lowest BCUT2D eigenvalue weighted by Gasteiger charge is -2.36. The van der Waals surface area contributed by atoms with E-state index in [1.165, 1.54) is 19.3 Å². The number of likely N-dealkylation sites (tertiary alicyclic amines) is 1. The summed E-state index contributed by atoms with van der Waals surface area (Å²) in [7, 11) is 2.25. The van der Waals surface area contributed by atoms with E-state index in [-0.39, 0.29) is 6.04 Å². The highest BCUT2D eigenvalue weighted by atomic mass is 16.4. The summed E-state index contributed by atoms with van der Waals surface area (Å²) in [4.78, 5) is 16.6. The van der Waals surface area contributed by atoms with E-state index in [4.69, 9.17) is 0 Å². The molecule has 2 heterocycles. The molecule has 0 radical (unpaired) electrons. The zero-order valence-electron chi connectivity index (χ0n) is 13.9. The second-order valence-corrected chi connectivity index (χ2v) is 7.05. The molecule has 4 atom stereocenters. The fourth-order valence-electron chi connectivity index (χ4n) is 4.08. The van der Waals surface area contributed by atoms with Gasteiger partial charge in [-0.3, -0.25) is 14.6 Å². The fourth-order valence-corrected chi connectivity index (χ4v) is 4.08. The molecule has 2 aliphatic heterocycles. The zero-order chi connectivity index (χ0) is 15.6. The van der Waals surface area contributed by atoms with Gasteiger partial charge in [-0.15, -0.1) is 0 Å². The van der Waals surface area contributed by atoms with Crippen LogP contribution in [-0.4, -0.2) is 71.2 Å². The Morgan fingerprint density at radius 2 is 2.05 bits per heavy atom. The predicted octanol–water partition coefficient (Wildman–Crippen LogP) is 1.39. The molecule has 0 aromatic heterocycles. The van der Waals surface area contributed by atoms with Gasteiger partial charge in [0.2, 0.25) is 0 Å². The van der Waals surface area contributed by atoms with Crippen LogP contribution in [0.25, 0.3) is 0 Å². The van der Waals surface area contributed by atoms with Crippen molar-refractivity contribution in [2.75, 3.05) is 26.7 Å². The highest BCUT2D eigenvalue weighted by molar-refractivity contribution is 5.78. The number of rotatable bonds is 6. The summed E-state index contributed by atoms with van der Waals surface area (Å²) in [6.45, 7) is 8.81. The van der Waals surface area contributed by atoms with Crippen molar-refractivity contribution in [3.05, 3.63) is 0 Å². The number of nitrogens with zero attached hydrogens (tertiary/aromatic N) is 2. The number of carbonyl (C=O) groups is 1. The van der Waals surface area contributed by atoms with Crippen LogP contribution in [0.1, 0.15) is 46.5 Å². The van der Waals surface area contributed by atoms with Gasteiger partial charge in [-0.25, -0.2) is 0 Å². The number of hydrogen-bond donors (Lipinski definition) is 2. The van der Waals surface area contributed by atoms with Gasteiger partial charge in [0, 0.05) is 24.7 Å².